The van der Waals surface area contributed by atoms with Crippen LogP contribution in [-0.2, 0) is 6.54 Å². The van der Waals surface area contributed by atoms with Crippen molar-refractivity contribution in [2.45, 2.75) is 19.9 Å². The Hall–Kier alpha value is -0.0900. The number of halogens is 2. The van der Waals surface area contributed by atoms with E-state index in [2.05, 4.69) is 33.8 Å². The molecule has 94 valence electrons. The molecule has 2 N–H and O–H groups in total. The first-order valence-electron chi connectivity index (χ1n) is 5.89. The van der Waals surface area contributed by atoms with E-state index in [1.54, 1.807) is 0 Å². The highest BCUT2D eigenvalue weighted by molar-refractivity contribution is 9.10. The van der Waals surface area contributed by atoms with E-state index in [4.69, 9.17) is 17.3 Å². The lowest BCUT2D eigenvalue weighted by atomic mass is 9.90. The third-order valence-electron chi connectivity index (χ3n) is 3.54. The zero-order valence-corrected chi connectivity index (χ0v) is 12.4. The third-order valence-corrected chi connectivity index (χ3v) is 4.38. The van der Waals surface area contributed by atoms with E-state index in [-0.39, 0.29) is 5.41 Å². The molecule has 0 radical (unpaired) electrons. The second kappa shape index (κ2) is 5.27. The van der Waals surface area contributed by atoms with Gasteiger partial charge >= 0.3 is 0 Å². The molecule has 0 bridgehead atoms. The van der Waals surface area contributed by atoms with Crippen molar-refractivity contribution >= 4 is 27.5 Å². The summed E-state index contributed by atoms with van der Waals surface area (Å²) in [5.41, 5.74) is 7.28. The van der Waals surface area contributed by atoms with Gasteiger partial charge in [-0.15, -0.1) is 0 Å². The molecule has 17 heavy (non-hydrogen) atoms. The van der Waals surface area contributed by atoms with Crippen molar-refractivity contribution in [3.63, 3.8) is 0 Å². The molecule has 1 aliphatic heterocycles. The van der Waals surface area contributed by atoms with Crippen LogP contribution >= 0.6 is 27.5 Å². The minimum Gasteiger partial charge on any atom is -0.330 e. The molecule has 4 heteroatoms. The fourth-order valence-corrected chi connectivity index (χ4v) is 3.05. The van der Waals surface area contributed by atoms with Crippen molar-refractivity contribution < 1.29 is 0 Å². The molecule has 1 aromatic rings. The third kappa shape index (κ3) is 3.22. The molecule has 1 unspecified atom stereocenters. The van der Waals surface area contributed by atoms with Crippen LogP contribution in [0.3, 0.4) is 0 Å². The summed E-state index contributed by atoms with van der Waals surface area (Å²) in [7, 11) is 0. The van der Waals surface area contributed by atoms with Gasteiger partial charge in [-0.3, -0.25) is 4.90 Å². The highest BCUT2D eigenvalue weighted by Gasteiger charge is 2.32. The first-order valence-corrected chi connectivity index (χ1v) is 7.06. The largest absolute Gasteiger partial charge is 0.330 e. The standard InChI is InChI=1S/C13H18BrClN2/c1-13(8-16)4-5-17(9-13)7-10-2-3-11(14)6-12(10)15/h2-3,6H,4-5,7-9,16H2,1H3. The lowest BCUT2D eigenvalue weighted by Gasteiger charge is -2.22. The molecule has 1 aromatic carbocycles. The maximum atomic E-state index is 6.23. The van der Waals surface area contributed by atoms with Gasteiger partial charge in [0.2, 0.25) is 0 Å². The zero-order chi connectivity index (χ0) is 12.5. The van der Waals surface area contributed by atoms with Crippen LogP contribution in [0.4, 0.5) is 0 Å². The highest BCUT2D eigenvalue weighted by Crippen LogP contribution is 2.31. The molecule has 0 amide bonds. The number of rotatable bonds is 3. The predicted octanol–water partition coefficient (Wildman–Crippen LogP) is 3.27. The summed E-state index contributed by atoms with van der Waals surface area (Å²) in [5.74, 6) is 0. The first kappa shape index (κ1) is 13.3. The SMILES string of the molecule is CC1(CN)CCN(Cc2ccc(Br)cc2Cl)C1. The Bertz CT molecular complexity index is 410. The van der Waals surface area contributed by atoms with Crippen LogP contribution in [0.25, 0.3) is 0 Å². The van der Waals surface area contributed by atoms with Gasteiger partial charge in [0.15, 0.2) is 0 Å². The van der Waals surface area contributed by atoms with Crippen molar-refractivity contribution in [3.8, 4) is 0 Å². The zero-order valence-electron chi connectivity index (χ0n) is 10.0. The van der Waals surface area contributed by atoms with Gasteiger partial charge in [0.1, 0.15) is 0 Å². The van der Waals surface area contributed by atoms with Gasteiger partial charge in [0.25, 0.3) is 0 Å². The van der Waals surface area contributed by atoms with Crippen molar-refractivity contribution in [3.05, 3.63) is 33.3 Å². The Morgan fingerprint density at radius 3 is 2.88 bits per heavy atom. The van der Waals surface area contributed by atoms with E-state index < -0.39 is 0 Å². The summed E-state index contributed by atoms with van der Waals surface area (Å²) in [4.78, 5) is 2.43. The Kier molecular flexibility index (Phi) is 4.14. The number of benzene rings is 1. The van der Waals surface area contributed by atoms with Gasteiger partial charge in [-0.25, -0.2) is 0 Å². The number of hydrogen-bond donors (Lipinski definition) is 1. The minimum atomic E-state index is 0.280. The van der Waals surface area contributed by atoms with Crippen LogP contribution in [0.2, 0.25) is 5.02 Å². The number of likely N-dealkylation sites (tertiary alicyclic amines) is 1. The van der Waals surface area contributed by atoms with Crippen LogP contribution in [0, 0.1) is 5.41 Å². The quantitative estimate of drug-likeness (QED) is 0.927. The van der Waals surface area contributed by atoms with Crippen LogP contribution < -0.4 is 5.73 Å². The first-order chi connectivity index (χ1) is 8.02. The molecule has 2 nitrogen and oxygen atoms in total. The van der Waals surface area contributed by atoms with Gasteiger partial charge in [0.05, 0.1) is 0 Å². The fraction of sp³-hybridized carbons (Fsp3) is 0.538. The normalized spacial score (nSPS) is 25.4. The average Bonchev–Trinajstić information content (AvgIpc) is 2.66. The molecular weight excluding hydrogens is 300 g/mol. The van der Waals surface area contributed by atoms with E-state index in [0.29, 0.717) is 0 Å². The summed E-state index contributed by atoms with van der Waals surface area (Å²) in [6, 6.07) is 6.08. The van der Waals surface area contributed by atoms with Crippen LogP contribution in [0.15, 0.2) is 22.7 Å². The summed E-state index contributed by atoms with van der Waals surface area (Å²) in [5, 5.41) is 0.834. The van der Waals surface area contributed by atoms with Crippen LogP contribution in [0.5, 0.6) is 0 Å². The molecule has 1 fully saturated rings. The number of nitrogens with two attached hydrogens (primary N) is 1. The maximum absolute atomic E-state index is 6.23. The fourth-order valence-electron chi connectivity index (χ4n) is 2.32. The molecule has 0 aliphatic carbocycles. The van der Waals surface area contributed by atoms with Crippen molar-refractivity contribution in [1.29, 1.82) is 0 Å². The van der Waals surface area contributed by atoms with Gasteiger partial charge < -0.3 is 5.73 Å². The summed E-state index contributed by atoms with van der Waals surface area (Å²) in [6.07, 6.45) is 1.18. The van der Waals surface area contributed by atoms with Gasteiger partial charge in [-0.2, -0.15) is 0 Å². The van der Waals surface area contributed by atoms with Gasteiger partial charge in [-0.05, 0) is 42.6 Å². The second-order valence-electron chi connectivity index (χ2n) is 5.21. The molecular formula is C13H18BrClN2. The second-order valence-corrected chi connectivity index (χ2v) is 6.53. The molecule has 1 atom stereocenters. The average molecular weight is 318 g/mol. The molecule has 0 spiro atoms. The van der Waals surface area contributed by atoms with Gasteiger partial charge in [-0.1, -0.05) is 40.5 Å². The van der Waals surface area contributed by atoms with E-state index in [0.717, 1.165) is 35.7 Å². The number of nitrogens with zero attached hydrogens (tertiary/aromatic N) is 1. The molecule has 1 saturated heterocycles. The van der Waals surface area contributed by atoms with Crippen LogP contribution in [-0.4, -0.2) is 24.5 Å². The van der Waals surface area contributed by atoms with E-state index in [9.17, 15) is 0 Å². The van der Waals surface area contributed by atoms with Crippen molar-refractivity contribution in [1.82, 2.24) is 4.90 Å². The topological polar surface area (TPSA) is 29.3 Å². The van der Waals surface area contributed by atoms with Gasteiger partial charge in [0, 0.05) is 22.6 Å². The highest BCUT2D eigenvalue weighted by atomic mass is 79.9. The molecule has 2 rings (SSSR count). The number of hydrogen-bond acceptors (Lipinski definition) is 2. The Morgan fingerprint density at radius 1 is 1.53 bits per heavy atom. The molecule has 0 aromatic heterocycles. The van der Waals surface area contributed by atoms with Crippen LogP contribution in [0.1, 0.15) is 18.9 Å². The monoisotopic (exact) mass is 316 g/mol. The minimum absolute atomic E-state index is 0.280. The molecule has 1 heterocycles. The molecule has 1 aliphatic rings. The van der Waals surface area contributed by atoms with E-state index in [1.807, 2.05) is 12.1 Å². The van der Waals surface area contributed by atoms with E-state index in [1.165, 1.54) is 12.0 Å². The Balaban J connectivity index is 2.03. The smallest absolute Gasteiger partial charge is 0.0462 e. The molecule has 0 saturated carbocycles. The Labute approximate surface area is 116 Å². The predicted molar refractivity (Wildman–Crippen MR) is 76.2 cm³/mol. The summed E-state index contributed by atoms with van der Waals surface area (Å²) in [6.45, 7) is 6.12. The van der Waals surface area contributed by atoms with Crippen molar-refractivity contribution in [2.24, 2.45) is 11.1 Å². The van der Waals surface area contributed by atoms with Crippen molar-refractivity contribution in [2.75, 3.05) is 19.6 Å². The lowest BCUT2D eigenvalue weighted by Crippen LogP contribution is -2.31. The Morgan fingerprint density at radius 2 is 2.29 bits per heavy atom. The summed E-state index contributed by atoms with van der Waals surface area (Å²) >= 11 is 9.66. The lowest BCUT2D eigenvalue weighted by molar-refractivity contribution is 0.274. The summed E-state index contributed by atoms with van der Waals surface area (Å²) < 4.78 is 1.03. The maximum Gasteiger partial charge on any atom is 0.0462 e. The van der Waals surface area contributed by atoms with E-state index >= 15 is 0 Å².